The van der Waals surface area contributed by atoms with Crippen molar-refractivity contribution in [3.8, 4) is 0 Å². The second kappa shape index (κ2) is 6.65. The summed E-state index contributed by atoms with van der Waals surface area (Å²) in [6.07, 6.45) is 6.92. The average molecular weight is 297 g/mol. The molecule has 0 saturated carbocycles. The Morgan fingerprint density at radius 2 is 2.20 bits per heavy atom. The lowest BCUT2D eigenvalue weighted by Gasteiger charge is -2.35. The van der Waals surface area contributed by atoms with Crippen molar-refractivity contribution in [3.05, 3.63) is 24.5 Å². The highest BCUT2D eigenvalue weighted by molar-refractivity contribution is 7.89. The molecule has 0 bridgehead atoms. The van der Waals surface area contributed by atoms with Gasteiger partial charge in [0.1, 0.15) is 4.90 Å². The summed E-state index contributed by atoms with van der Waals surface area (Å²) in [5.41, 5.74) is 0. The molecule has 1 aliphatic rings. The molecule has 1 atom stereocenters. The minimum absolute atomic E-state index is 0.108. The predicted octanol–water partition coefficient (Wildman–Crippen LogP) is 1.58. The lowest BCUT2D eigenvalue weighted by Crippen LogP contribution is -2.44. The van der Waals surface area contributed by atoms with Crippen LogP contribution in [-0.4, -0.2) is 55.8 Å². The molecule has 20 heavy (non-hydrogen) atoms. The van der Waals surface area contributed by atoms with Crippen molar-refractivity contribution in [2.75, 3.05) is 27.2 Å². The molecule has 6 heteroatoms. The van der Waals surface area contributed by atoms with Gasteiger partial charge in [0.2, 0.25) is 10.0 Å². The van der Waals surface area contributed by atoms with Crippen molar-refractivity contribution >= 4 is 10.0 Å². The fourth-order valence-electron chi connectivity index (χ4n) is 2.62. The maximum atomic E-state index is 12.7. The second-order valence-corrected chi connectivity index (χ2v) is 7.44. The van der Waals surface area contributed by atoms with Crippen molar-refractivity contribution in [1.29, 1.82) is 0 Å². The van der Waals surface area contributed by atoms with Gasteiger partial charge in [-0.25, -0.2) is 8.42 Å². The van der Waals surface area contributed by atoms with E-state index in [2.05, 4.69) is 9.88 Å². The first-order valence-electron chi connectivity index (χ1n) is 7.08. The van der Waals surface area contributed by atoms with Gasteiger partial charge in [-0.1, -0.05) is 6.42 Å². The van der Waals surface area contributed by atoms with Crippen LogP contribution in [0.3, 0.4) is 0 Å². The van der Waals surface area contributed by atoms with E-state index in [4.69, 9.17) is 0 Å². The zero-order chi connectivity index (χ0) is 14.6. The molecule has 0 amide bonds. The van der Waals surface area contributed by atoms with Crippen molar-refractivity contribution < 1.29 is 8.42 Å². The summed E-state index contributed by atoms with van der Waals surface area (Å²) >= 11 is 0. The van der Waals surface area contributed by atoms with E-state index in [-0.39, 0.29) is 6.04 Å². The van der Waals surface area contributed by atoms with Crippen LogP contribution in [0.15, 0.2) is 29.4 Å². The Balaban J connectivity index is 2.19. The maximum Gasteiger partial charge on any atom is 0.244 e. The van der Waals surface area contributed by atoms with Gasteiger partial charge in [0.25, 0.3) is 0 Å². The van der Waals surface area contributed by atoms with E-state index < -0.39 is 10.0 Å². The van der Waals surface area contributed by atoms with E-state index in [1.165, 1.54) is 6.20 Å². The Morgan fingerprint density at radius 3 is 2.85 bits per heavy atom. The van der Waals surface area contributed by atoms with E-state index in [1.54, 1.807) is 22.6 Å². The molecule has 0 spiro atoms. The van der Waals surface area contributed by atoms with Crippen LogP contribution >= 0.6 is 0 Å². The first-order chi connectivity index (χ1) is 9.51. The van der Waals surface area contributed by atoms with Crippen LogP contribution in [0.1, 0.15) is 25.7 Å². The standard InChI is InChI=1S/C14H23N3O2S/c1-16(2)11-8-13-6-3-4-10-17(13)20(18,19)14-7-5-9-15-12-14/h5,7,9,12-13H,3-4,6,8,10-11H2,1-2H3/t13-/m0/s1. The van der Waals surface area contributed by atoms with Gasteiger partial charge in [0, 0.05) is 25.0 Å². The van der Waals surface area contributed by atoms with Crippen LogP contribution in [-0.2, 0) is 10.0 Å². The highest BCUT2D eigenvalue weighted by atomic mass is 32.2. The number of pyridine rings is 1. The molecule has 1 aromatic heterocycles. The SMILES string of the molecule is CN(C)CC[C@@H]1CCCCN1S(=O)(=O)c1cccnc1. The highest BCUT2D eigenvalue weighted by Gasteiger charge is 2.33. The Morgan fingerprint density at radius 1 is 1.40 bits per heavy atom. The van der Waals surface area contributed by atoms with Gasteiger partial charge in [0.05, 0.1) is 0 Å². The largest absolute Gasteiger partial charge is 0.309 e. The lowest BCUT2D eigenvalue weighted by atomic mass is 10.0. The Labute approximate surface area is 121 Å². The van der Waals surface area contributed by atoms with Gasteiger partial charge in [0.15, 0.2) is 0 Å². The maximum absolute atomic E-state index is 12.7. The van der Waals surface area contributed by atoms with E-state index in [9.17, 15) is 8.42 Å². The van der Waals surface area contributed by atoms with Crippen LogP contribution in [0, 0.1) is 0 Å². The fourth-order valence-corrected chi connectivity index (χ4v) is 4.31. The van der Waals surface area contributed by atoms with Crippen molar-refractivity contribution in [3.63, 3.8) is 0 Å². The minimum Gasteiger partial charge on any atom is -0.309 e. The van der Waals surface area contributed by atoms with Gasteiger partial charge in [-0.3, -0.25) is 4.98 Å². The number of nitrogens with zero attached hydrogens (tertiary/aromatic N) is 3. The molecule has 0 unspecified atom stereocenters. The molecule has 1 aliphatic heterocycles. The van der Waals surface area contributed by atoms with Gasteiger partial charge in [-0.05, 0) is 52.0 Å². The molecule has 0 N–H and O–H groups in total. The predicted molar refractivity (Wildman–Crippen MR) is 78.9 cm³/mol. The average Bonchev–Trinajstić information content (AvgIpc) is 2.46. The Kier molecular flexibility index (Phi) is 5.12. The van der Waals surface area contributed by atoms with E-state index >= 15 is 0 Å². The highest BCUT2D eigenvalue weighted by Crippen LogP contribution is 2.26. The number of hydrogen-bond donors (Lipinski definition) is 0. The summed E-state index contributed by atoms with van der Waals surface area (Å²) in [7, 11) is 0.627. The molecule has 1 saturated heterocycles. The third kappa shape index (κ3) is 3.56. The first kappa shape index (κ1) is 15.4. The second-order valence-electron chi connectivity index (χ2n) is 5.55. The van der Waals surface area contributed by atoms with E-state index in [0.717, 1.165) is 32.2 Å². The Bertz CT molecular complexity index is 516. The number of piperidine rings is 1. The topological polar surface area (TPSA) is 53.5 Å². The van der Waals surface area contributed by atoms with Gasteiger partial charge in [-0.2, -0.15) is 4.31 Å². The molecule has 1 aromatic rings. The molecule has 0 aliphatic carbocycles. The smallest absolute Gasteiger partial charge is 0.244 e. The van der Waals surface area contributed by atoms with E-state index in [1.807, 2.05) is 14.1 Å². The monoisotopic (exact) mass is 297 g/mol. The summed E-state index contributed by atoms with van der Waals surface area (Å²) in [4.78, 5) is 6.33. The third-order valence-electron chi connectivity index (χ3n) is 3.72. The summed E-state index contributed by atoms with van der Waals surface area (Å²) < 4.78 is 27.1. The van der Waals surface area contributed by atoms with Gasteiger partial charge >= 0.3 is 0 Å². The fraction of sp³-hybridized carbons (Fsp3) is 0.643. The van der Waals surface area contributed by atoms with E-state index in [0.29, 0.717) is 11.4 Å². The number of sulfonamides is 1. The van der Waals surface area contributed by atoms with Crippen LogP contribution in [0.25, 0.3) is 0 Å². The van der Waals surface area contributed by atoms with Crippen LogP contribution < -0.4 is 0 Å². The lowest BCUT2D eigenvalue weighted by molar-refractivity contribution is 0.222. The summed E-state index contributed by atoms with van der Waals surface area (Å²) in [6, 6.07) is 3.40. The van der Waals surface area contributed by atoms with Crippen molar-refractivity contribution in [2.45, 2.75) is 36.6 Å². The molecule has 0 radical (unpaired) electrons. The minimum atomic E-state index is -3.41. The molecule has 2 rings (SSSR count). The molecule has 0 aromatic carbocycles. The van der Waals surface area contributed by atoms with Crippen LogP contribution in [0.2, 0.25) is 0 Å². The molecule has 112 valence electrons. The number of hydrogen-bond acceptors (Lipinski definition) is 4. The van der Waals surface area contributed by atoms with Crippen molar-refractivity contribution in [2.24, 2.45) is 0 Å². The summed E-state index contributed by atoms with van der Waals surface area (Å²) in [5.74, 6) is 0. The zero-order valence-corrected chi connectivity index (χ0v) is 13.0. The normalized spacial score (nSPS) is 21.2. The molecule has 5 nitrogen and oxygen atoms in total. The van der Waals surface area contributed by atoms with Crippen LogP contribution in [0.5, 0.6) is 0 Å². The van der Waals surface area contributed by atoms with Gasteiger partial charge < -0.3 is 4.90 Å². The summed E-state index contributed by atoms with van der Waals surface area (Å²) in [6.45, 7) is 1.53. The third-order valence-corrected chi connectivity index (χ3v) is 5.66. The summed E-state index contributed by atoms with van der Waals surface area (Å²) in [5, 5.41) is 0. The molecular formula is C14H23N3O2S. The zero-order valence-electron chi connectivity index (χ0n) is 12.2. The molecular weight excluding hydrogens is 274 g/mol. The van der Waals surface area contributed by atoms with Gasteiger partial charge in [-0.15, -0.1) is 0 Å². The van der Waals surface area contributed by atoms with Crippen LogP contribution in [0.4, 0.5) is 0 Å². The molecule has 1 fully saturated rings. The van der Waals surface area contributed by atoms with Crippen molar-refractivity contribution in [1.82, 2.24) is 14.2 Å². The number of rotatable bonds is 5. The molecule has 2 heterocycles. The first-order valence-corrected chi connectivity index (χ1v) is 8.52. The number of aromatic nitrogens is 1. The Hall–Kier alpha value is -0.980. The quantitative estimate of drug-likeness (QED) is 0.828.